The molecule has 33 heavy (non-hydrogen) atoms. The number of imide groups is 1. The fourth-order valence-electron chi connectivity index (χ4n) is 4.13. The number of nitrogens with zero attached hydrogens (tertiary/aromatic N) is 3. The number of rotatable bonds is 6. The van der Waals surface area contributed by atoms with Crippen molar-refractivity contribution in [3.63, 3.8) is 0 Å². The Bertz CT molecular complexity index is 976. The highest BCUT2D eigenvalue weighted by Crippen LogP contribution is 2.23. The summed E-state index contributed by atoms with van der Waals surface area (Å²) in [5.41, 5.74) is 10.2. The molecule has 2 heterocycles. The fourth-order valence-corrected chi connectivity index (χ4v) is 4.13. The minimum atomic E-state index is -0.833. The molecular formula is C25H32N4O4. The number of unbranched alkanes of at least 4 members (excludes halogenated alkanes) is 1. The highest BCUT2D eigenvalue weighted by Gasteiger charge is 2.34. The van der Waals surface area contributed by atoms with Crippen LogP contribution < -0.4 is 10.6 Å². The topological polar surface area (TPSA) is 107 Å². The summed E-state index contributed by atoms with van der Waals surface area (Å²) in [6, 6.07) is 13.3. The third-order valence-corrected chi connectivity index (χ3v) is 5.98. The smallest absolute Gasteiger partial charge is 0.300 e. The Labute approximate surface area is 194 Å². The summed E-state index contributed by atoms with van der Waals surface area (Å²) in [5, 5.41) is 7.42. The van der Waals surface area contributed by atoms with Gasteiger partial charge in [-0.05, 0) is 62.2 Å². The SMILES string of the molecule is CC(=O)O.Cc1cc(N2CCN(CCCCN3C(=O)c4ccccc4C3=O)CC2)ccc1N. The maximum atomic E-state index is 12.4. The van der Waals surface area contributed by atoms with Gasteiger partial charge < -0.3 is 15.7 Å². The Morgan fingerprint density at radius 2 is 1.48 bits per heavy atom. The lowest BCUT2D eigenvalue weighted by Crippen LogP contribution is -2.46. The zero-order chi connectivity index (χ0) is 24.0. The molecular weight excluding hydrogens is 420 g/mol. The third-order valence-electron chi connectivity index (χ3n) is 5.98. The van der Waals surface area contributed by atoms with Gasteiger partial charge >= 0.3 is 0 Å². The van der Waals surface area contributed by atoms with Gasteiger partial charge in [0.1, 0.15) is 0 Å². The molecule has 3 N–H and O–H groups in total. The van der Waals surface area contributed by atoms with E-state index in [1.54, 1.807) is 24.3 Å². The van der Waals surface area contributed by atoms with Crippen molar-refractivity contribution in [3.8, 4) is 0 Å². The van der Waals surface area contributed by atoms with Crippen molar-refractivity contribution in [1.29, 1.82) is 0 Å². The molecule has 0 spiro atoms. The van der Waals surface area contributed by atoms with Gasteiger partial charge in [0.05, 0.1) is 11.1 Å². The van der Waals surface area contributed by atoms with Gasteiger partial charge in [0.25, 0.3) is 17.8 Å². The Morgan fingerprint density at radius 1 is 0.939 bits per heavy atom. The maximum Gasteiger partial charge on any atom is 0.300 e. The largest absolute Gasteiger partial charge is 0.481 e. The van der Waals surface area contributed by atoms with Gasteiger partial charge in [-0.25, -0.2) is 0 Å². The summed E-state index contributed by atoms with van der Waals surface area (Å²) in [5.74, 6) is -1.14. The van der Waals surface area contributed by atoms with Crippen molar-refractivity contribution in [3.05, 3.63) is 59.2 Å². The van der Waals surface area contributed by atoms with Crippen LogP contribution in [0.4, 0.5) is 11.4 Å². The molecule has 0 atom stereocenters. The molecule has 1 saturated heterocycles. The number of anilines is 2. The number of carboxylic acids is 1. The molecule has 0 bridgehead atoms. The number of benzene rings is 2. The van der Waals surface area contributed by atoms with E-state index in [-0.39, 0.29) is 11.8 Å². The summed E-state index contributed by atoms with van der Waals surface area (Å²) < 4.78 is 0. The van der Waals surface area contributed by atoms with E-state index in [2.05, 4.69) is 21.9 Å². The Balaban J connectivity index is 0.000000709. The molecule has 2 amide bonds. The lowest BCUT2D eigenvalue weighted by molar-refractivity contribution is -0.134. The van der Waals surface area contributed by atoms with E-state index in [4.69, 9.17) is 15.6 Å². The minimum Gasteiger partial charge on any atom is -0.481 e. The predicted molar refractivity (Wildman–Crippen MR) is 129 cm³/mol. The summed E-state index contributed by atoms with van der Waals surface area (Å²) >= 11 is 0. The molecule has 2 aromatic carbocycles. The number of piperazine rings is 1. The molecule has 0 saturated carbocycles. The molecule has 0 unspecified atom stereocenters. The number of carbonyl (C=O) groups is 3. The summed E-state index contributed by atoms with van der Waals surface area (Å²) in [6.45, 7) is 8.68. The number of hydrogen-bond donors (Lipinski definition) is 2. The zero-order valence-electron chi connectivity index (χ0n) is 19.3. The summed E-state index contributed by atoms with van der Waals surface area (Å²) in [6.07, 6.45) is 1.82. The number of fused-ring (bicyclic) bond motifs is 1. The van der Waals surface area contributed by atoms with Crippen LogP contribution in [-0.2, 0) is 4.79 Å². The highest BCUT2D eigenvalue weighted by molar-refractivity contribution is 6.21. The van der Waals surface area contributed by atoms with Crippen LogP contribution in [0.25, 0.3) is 0 Å². The first kappa shape index (κ1) is 24.3. The normalized spacial score (nSPS) is 15.8. The van der Waals surface area contributed by atoms with E-state index in [1.165, 1.54) is 10.6 Å². The van der Waals surface area contributed by atoms with Gasteiger partial charge in [-0.15, -0.1) is 0 Å². The van der Waals surface area contributed by atoms with Crippen molar-refractivity contribution < 1.29 is 19.5 Å². The molecule has 176 valence electrons. The fraction of sp³-hybridized carbons (Fsp3) is 0.400. The second-order valence-corrected chi connectivity index (χ2v) is 8.40. The van der Waals surface area contributed by atoms with E-state index < -0.39 is 5.97 Å². The summed E-state index contributed by atoms with van der Waals surface area (Å²) in [7, 11) is 0. The molecule has 4 rings (SSSR count). The first-order chi connectivity index (χ1) is 15.8. The van der Waals surface area contributed by atoms with Crippen LogP contribution in [0.5, 0.6) is 0 Å². The van der Waals surface area contributed by atoms with Crippen LogP contribution in [0.1, 0.15) is 46.0 Å². The predicted octanol–water partition coefficient (Wildman–Crippen LogP) is 2.87. The number of aliphatic carboxylic acids is 1. The van der Waals surface area contributed by atoms with Gasteiger partial charge in [-0.2, -0.15) is 0 Å². The van der Waals surface area contributed by atoms with Gasteiger partial charge in [0.2, 0.25) is 0 Å². The molecule has 0 aromatic heterocycles. The summed E-state index contributed by atoms with van der Waals surface area (Å²) in [4.78, 5) is 40.1. The highest BCUT2D eigenvalue weighted by atomic mass is 16.4. The standard InChI is InChI=1S/C23H28N4O2.C2H4O2/c1-17-16-18(8-9-21(17)24)26-14-12-25(13-15-26)10-4-5-11-27-22(28)19-6-2-3-7-20(19)23(27)29;1-2(3)4/h2-3,6-9,16H,4-5,10-15,24H2,1H3;1H3,(H,3,4). The molecule has 8 heteroatoms. The monoisotopic (exact) mass is 452 g/mol. The number of nitrogen functional groups attached to an aromatic ring is 1. The minimum absolute atomic E-state index is 0.155. The maximum absolute atomic E-state index is 12.4. The third kappa shape index (κ3) is 6.10. The van der Waals surface area contributed by atoms with Crippen molar-refractivity contribution >= 4 is 29.2 Å². The van der Waals surface area contributed by atoms with Gasteiger partial charge in [-0.3, -0.25) is 24.2 Å². The van der Waals surface area contributed by atoms with E-state index in [1.807, 2.05) is 13.0 Å². The van der Waals surface area contributed by atoms with Gasteiger partial charge in [0, 0.05) is 51.0 Å². The Kier molecular flexibility index (Phi) is 8.06. The van der Waals surface area contributed by atoms with E-state index in [0.717, 1.165) is 63.7 Å². The van der Waals surface area contributed by atoms with Gasteiger partial charge in [0.15, 0.2) is 0 Å². The van der Waals surface area contributed by atoms with E-state index in [9.17, 15) is 9.59 Å². The van der Waals surface area contributed by atoms with Crippen molar-refractivity contribution in [2.24, 2.45) is 0 Å². The van der Waals surface area contributed by atoms with E-state index >= 15 is 0 Å². The average molecular weight is 453 g/mol. The number of aryl methyl sites for hydroxylation is 1. The molecule has 2 aliphatic rings. The Hall–Kier alpha value is -3.39. The molecule has 2 aliphatic heterocycles. The second-order valence-electron chi connectivity index (χ2n) is 8.40. The Morgan fingerprint density at radius 3 is 2.03 bits per heavy atom. The number of amides is 2. The molecule has 2 aromatic rings. The number of carboxylic acid groups (broad SMARTS) is 1. The quantitative estimate of drug-likeness (QED) is 0.394. The molecule has 0 radical (unpaired) electrons. The van der Waals surface area contributed by atoms with Crippen molar-refractivity contribution in [2.45, 2.75) is 26.7 Å². The lowest BCUT2D eigenvalue weighted by Gasteiger charge is -2.36. The van der Waals surface area contributed by atoms with Crippen LogP contribution in [0, 0.1) is 6.92 Å². The number of nitrogens with two attached hydrogens (primary N) is 1. The molecule has 8 nitrogen and oxygen atoms in total. The average Bonchev–Trinajstić information content (AvgIpc) is 3.03. The lowest BCUT2D eigenvalue weighted by atomic mass is 10.1. The van der Waals surface area contributed by atoms with Crippen molar-refractivity contribution in [1.82, 2.24) is 9.80 Å². The van der Waals surface area contributed by atoms with Crippen LogP contribution in [-0.4, -0.2) is 72.0 Å². The van der Waals surface area contributed by atoms with E-state index in [0.29, 0.717) is 17.7 Å². The number of carbonyl (C=O) groups excluding carboxylic acids is 2. The van der Waals surface area contributed by atoms with Crippen LogP contribution >= 0.6 is 0 Å². The van der Waals surface area contributed by atoms with Crippen molar-refractivity contribution in [2.75, 3.05) is 49.9 Å². The van der Waals surface area contributed by atoms with Gasteiger partial charge in [-0.1, -0.05) is 12.1 Å². The van der Waals surface area contributed by atoms with Crippen LogP contribution in [0.2, 0.25) is 0 Å². The molecule has 0 aliphatic carbocycles. The number of hydrogen-bond acceptors (Lipinski definition) is 6. The second kappa shape index (κ2) is 11.0. The first-order valence-electron chi connectivity index (χ1n) is 11.3. The van der Waals surface area contributed by atoms with Crippen LogP contribution in [0.15, 0.2) is 42.5 Å². The zero-order valence-corrected chi connectivity index (χ0v) is 19.3. The van der Waals surface area contributed by atoms with Crippen LogP contribution in [0.3, 0.4) is 0 Å². The molecule has 1 fully saturated rings. The first-order valence-corrected chi connectivity index (χ1v) is 11.3.